The number of aliphatic hydroxyl groups excluding tert-OH is 1. The molecule has 0 bridgehead atoms. The smallest absolute Gasteiger partial charge is 0.328 e. The molecule has 1 rings (SSSR count). The average molecular weight is 199 g/mol. The predicted octanol–water partition coefficient (Wildman–Crippen LogP) is -1.97. The van der Waals surface area contributed by atoms with Crippen LogP contribution < -0.4 is 10.6 Å². The Morgan fingerprint density at radius 2 is 1.86 bits per heavy atom. The number of aliphatic hydroxyl groups is 1. The van der Waals surface area contributed by atoms with Crippen LogP contribution in [-0.2, 0) is 9.59 Å². The highest BCUT2D eigenvalue weighted by Gasteiger charge is 2.32. The molecule has 7 heteroatoms. The van der Waals surface area contributed by atoms with Crippen molar-refractivity contribution in [1.82, 2.24) is 10.6 Å². The molecule has 1 saturated heterocycles. The first-order valence-electron chi connectivity index (χ1n) is 3.91. The number of barbiturate groups is 1. The molecule has 1 heterocycles. The van der Waals surface area contributed by atoms with Crippen LogP contribution in [0.5, 0.6) is 0 Å². The lowest BCUT2D eigenvalue weighted by Gasteiger charge is -2.16. The van der Waals surface area contributed by atoms with Crippen molar-refractivity contribution >= 4 is 24.1 Å². The molecule has 0 aromatic rings. The van der Waals surface area contributed by atoms with Crippen molar-refractivity contribution in [2.24, 2.45) is 10.9 Å². The molecule has 14 heavy (non-hydrogen) atoms. The maximum absolute atomic E-state index is 11.1. The summed E-state index contributed by atoms with van der Waals surface area (Å²) in [6.07, 6.45) is 1.10. The van der Waals surface area contributed by atoms with Gasteiger partial charge in [-0.2, -0.15) is 0 Å². The molecule has 0 saturated carbocycles. The highest BCUT2D eigenvalue weighted by molar-refractivity contribution is 6.23. The number of rotatable bonds is 3. The molecular formula is C7H9N3O4. The van der Waals surface area contributed by atoms with Crippen molar-refractivity contribution in [2.75, 3.05) is 13.2 Å². The zero-order chi connectivity index (χ0) is 10.6. The van der Waals surface area contributed by atoms with Crippen molar-refractivity contribution in [3.63, 3.8) is 0 Å². The number of nitrogens with zero attached hydrogens (tertiary/aromatic N) is 1. The van der Waals surface area contributed by atoms with Crippen molar-refractivity contribution in [3.8, 4) is 0 Å². The van der Waals surface area contributed by atoms with Crippen LogP contribution in [0.4, 0.5) is 4.79 Å². The number of amides is 4. The Morgan fingerprint density at radius 1 is 1.29 bits per heavy atom. The van der Waals surface area contributed by atoms with Gasteiger partial charge in [0.1, 0.15) is 0 Å². The third-order valence-electron chi connectivity index (χ3n) is 1.52. The zero-order valence-corrected chi connectivity index (χ0v) is 7.19. The molecule has 0 spiro atoms. The van der Waals surface area contributed by atoms with Crippen molar-refractivity contribution < 1.29 is 19.5 Å². The lowest BCUT2D eigenvalue weighted by Crippen LogP contribution is -2.56. The summed E-state index contributed by atoms with van der Waals surface area (Å²) in [5.41, 5.74) is 0. The summed E-state index contributed by atoms with van der Waals surface area (Å²) in [6.45, 7) is -0.0452. The van der Waals surface area contributed by atoms with E-state index in [-0.39, 0.29) is 13.2 Å². The van der Waals surface area contributed by atoms with E-state index in [0.717, 1.165) is 6.21 Å². The van der Waals surface area contributed by atoms with Crippen LogP contribution in [0.2, 0.25) is 0 Å². The Bertz CT molecular complexity index is 279. The number of aliphatic imine (C=N–C) groups is 1. The van der Waals surface area contributed by atoms with Gasteiger partial charge in [-0.05, 0) is 0 Å². The van der Waals surface area contributed by atoms with Gasteiger partial charge in [0.25, 0.3) is 0 Å². The van der Waals surface area contributed by atoms with E-state index in [1.54, 1.807) is 0 Å². The number of urea groups is 1. The van der Waals surface area contributed by atoms with Gasteiger partial charge in [-0.25, -0.2) is 4.79 Å². The molecule has 76 valence electrons. The summed E-state index contributed by atoms with van der Waals surface area (Å²) in [6, 6.07) is -0.827. The number of carbonyl (C=O) groups excluding carboxylic acids is 3. The summed E-state index contributed by atoms with van der Waals surface area (Å²) >= 11 is 0. The van der Waals surface area contributed by atoms with E-state index in [9.17, 15) is 14.4 Å². The Labute approximate surface area is 79.2 Å². The van der Waals surface area contributed by atoms with Gasteiger partial charge in [-0.3, -0.25) is 25.2 Å². The second-order valence-corrected chi connectivity index (χ2v) is 2.56. The molecule has 7 nitrogen and oxygen atoms in total. The third-order valence-corrected chi connectivity index (χ3v) is 1.52. The van der Waals surface area contributed by atoms with Gasteiger partial charge in [0.15, 0.2) is 5.92 Å². The lowest BCUT2D eigenvalue weighted by atomic mass is 10.1. The van der Waals surface area contributed by atoms with Crippen molar-refractivity contribution in [3.05, 3.63) is 0 Å². The number of nitrogens with one attached hydrogen (secondary N) is 2. The molecule has 0 aromatic carbocycles. The van der Waals surface area contributed by atoms with Gasteiger partial charge in [-0.1, -0.05) is 0 Å². The summed E-state index contributed by atoms with van der Waals surface area (Å²) in [4.78, 5) is 36.4. The van der Waals surface area contributed by atoms with Crippen LogP contribution in [-0.4, -0.2) is 42.3 Å². The number of carbonyl (C=O) groups is 3. The summed E-state index contributed by atoms with van der Waals surface area (Å²) < 4.78 is 0. The topological polar surface area (TPSA) is 108 Å². The fourth-order valence-corrected chi connectivity index (χ4v) is 0.903. The minimum Gasteiger partial charge on any atom is -0.394 e. The first kappa shape index (κ1) is 10.3. The Morgan fingerprint density at radius 3 is 2.36 bits per heavy atom. The van der Waals surface area contributed by atoms with Gasteiger partial charge in [0.2, 0.25) is 11.8 Å². The van der Waals surface area contributed by atoms with E-state index in [1.807, 2.05) is 10.6 Å². The van der Waals surface area contributed by atoms with Crippen LogP contribution in [0, 0.1) is 5.92 Å². The van der Waals surface area contributed by atoms with Crippen LogP contribution >= 0.6 is 0 Å². The number of hydrogen-bond acceptors (Lipinski definition) is 5. The van der Waals surface area contributed by atoms with Crippen LogP contribution in [0.3, 0.4) is 0 Å². The van der Waals surface area contributed by atoms with E-state index >= 15 is 0 Å². The van der Waals surface area contributed by atoms with Gasteiger partial charge in [-0.15, -0.1) is 0 Å². The molecule has 0 atom stereocenters. The fraction of sp³-hybridized carbons (Fsp3) is 0.429. The second kappa shape index (κ2) is 4.47. The Hall–Kier alpha value is -1.76. The monoisotopic (exact) mass is 199 g/mol. The van der Waals surface area contributed by atoms with Crippen LogP contribution in [0.1, 0.15) is 0 Å². The van der Waals surface area contributed by atoms with Gasteiger partial charge >= 0.3 is 6.03 Å². The Kier molecular flexibility index (Phi) is 3.29. The lowest BCUT2D eigenvalue weighted by molar-refractivity contribution is -0.132. The van der Waals surface area contributed by atoms with Crippen molar-refractivity contribution in [2.45, 2.75) is 0 Å². The van der Waals surface area contributed by atoms with Gasteiger partial charge < -0.3 is 5.11 Å². The first-order valence-corrected chi connectivity index (χ1v) is 3.91. The molecule has 0 aromatic heterocycles. The molecule has 0 aliphatic carbocycles. The summed E-state index contributed by atoms with van der Waals surface area (Å²) in [5.74, 6) is -2.51. The standard InChI is InChI=1S/C7H9N3O4/c11-2-1-8-3-4-5(12)9-7(14)10-6(4)13/h3-4,11H,1-2H2,(H2,9,10,12,13,14). The van der Waals surface area contributed by atoms with Gasteiger partial charge in [0, 0.05) is 6.21 Å². The molecule has 1 fully saturated rings. The number of hydrogen-bond donors (Lipinski definition) is 3. The number of imide groups is 2. The quantitative estimate of drug-likeness (QED) is 0.362. The normalized spacial score (nSPS) is 18.5. The second-order valence-electron chi connectivity index (χ2n) is 2.56. The molecule has 1 aliphatic heterocycles. The first-order chi connectivity index (χ1) is 6.65. The van der Waals surface area contributed by atoms with Crippen molar-refractivity contribution in [1.29, 1.82) is 0 Å². The summed E-state index contributed by atoms with van der Waals surface area (Å²) in [7, 11) is 0. The maximum Gasteiger partial charge on any atom is 0.328 e. The van der Waals surface area contributed by atoms with E-state index < -0.39 is 23.8 Å². The molecule has 0 unspecified atom stereocenters. The molecular weight excluding hydrogens is 190 g/mol. The minimum atomic E-state index is -1.10. The van der Waals surface area contributed by atoms with E-state index in [1.165, 1.54) is 0 Å². The van der Waals surface area contributed by atoms with Gasteiger partial charge in [0.05, 0.1) is 13.2 Å². The summed E-state index contributed by atoms with van der Waals surface area (Å²) in [5, 5.41) is 12.2. The van der Waals surface area contributed by atoms with Crippen LogP contribution in [0.25, 0.3) is 0 Å². The minimum absolute atomic E-state index is 0.116. The molecule has 3 N–H and O–H groups in total. The SMILES string of the molecule is O=C1NC(=O)C(C=NCCO)C(=O)N1. The zero-order valence-electron chi connectivity index (χ0n) is 7.19. The van der Waals surface area contributed by atoms with E-state index in [0.29, 0.717) is 0 Å². The largest absolute Gasteiger partial charge is 0.394 e. The maximum atomic E-state index is 11.1. The molecule has 4 amide bonds. The fourth-order valence-electron chi connectivity index (χ4n) is 0.903. The van der Waals surface area contributed by atoms with E-state index in [4.69, 9.17) is 5.11 Å². The average Bonchev–Trinajstić information content (AvgIpc) is 2.09. The highest BCUT2D eigenvalue weighted by Crippen LogP contribution is 1.98. The van der Waals surface area contributed by atoms with Crippen LogP contribution in [0.15, 0.2) is 4.99 Å². The van der Waals surface area contributed by atoms with E-state index in [2.05, 4.69) is 4.99 Å². The predicted molar refractivity (Wildman–Crippen MR) is 45.6 cm³/mol. The molecule has 0 radical (unpaired) electrons. The third kappa shape index (κ3) is 2.36. The highest BCUT2D eigenvalue weighted by atomic mass is 16.3. The molecule has 1 aliphatic rings. The Balaban J connectivity index is 2.63.